The monoisotopic (exact) mass is 393 g/mol. The molecule has 1 aromatic heterocycles. The number of aromatic nitrogens is 1. The van der Waals surface area contributed by atoms with Crippen molar-refractivity contribution < 1.29 is 14.0 Å². The summed E-state index contributed by atoms with van der Waals surface area (Å²) < 4.78 is 13.4. The largest absolute Gasteiger partial charge is 0.322 e. The maximum absolute atomic E-state index is 13.4. The van der Waals surface area contributed by atoms with Crippen molar-refractivity contribution in [1.82, 2.24) is 4.98 Å². The zero-order valence-electron chi connectivity index (χ0n) is 15.0. The number of hydrogen-bond donors (Lipinski definition) is 1. The third-order valence-corrected chi connectivity index (χ3v) is 5.43. The number of anilines is 2. The van der Waals surface area contributed by atoms with Crippen LogP contribution in [0.15, 0.2) is 70.7 Å². The van der Waals surface area contributed by atoms with Crippen LogP contribution in [0.4, 0.5) is 15.8 Å². The molecule has 28 heavy (non-hydrogen) atoms. The van der Waals surface area contributed by atoms with Crippen molar-refractivity contribution in [3.05, 3.63) is 77.7 Å². The topological polar surface area (TPSA) is 62.3 Å². The van der Waals surface area contributed by atoms with E-state index in [1.165, 1.54) is 30.0 Å². The molecule has 0 radical (unpaired) electrons. The number of pyridine rings is 1. The molecule has 0 spiro atoms. The van der Waals surface area contributed by atoms with Crippen LogP contribution < -0.4 is 10.2 Å². The van der Waals surface area contributed by atoms with Crippen molar-refractivity contribution in [3.8, 4) is 0 Å². The number of nitrogens with one attached hydrogen (secondary N) is 1. The third kappa shape index (κ3) is 3.36. The van der Waals surface area contributed by atoms with Gasteiger partial charge in [0.15, 0.2) is 0 Å². The van der Waals surface area contributed by atoms with E-state index in [9.17, 15) is 14.0 Å². The van der Waals surface area contributed by atoms with E-state index in [0.717, 1.165) is 10.6 Å². The summed E-state index contributed by atoms with van der Waals surface area (Å²) in [6.07, 6.45) is 1.64. The van der Waals surface area contributed by atoms with Crippen molar-refractivity contribution in [2.24, 2.45) is 0 Å². The second-order valence-corrected chi connectivity index (χ2v) is 7.19. The Hall–Kier alpha value is -3.19. The fourth-order valence-corrected chi connectivity index (χ4v) is 4.09. The molecule has 0 saturated heterocycles. The first-order valence-corrected chi connectivity index (χ1v) is 9.54. The number of halogens is 1. The number of carbonyl (C=O) groups is 2. The summed E-state index contributed by atoms with van der Waals surface area (Å²) in [7, 11) is 0. The number of rotatable bonds is 3. The Morgan fingerprint density at radius 2 is 2.04 bits per heavy atom. The SMILES string of the molecule is CCN1C(=O)c2cccnc2Sc2cc(C(=O)Nc3cccc(F)c3)ccc21. The summed E-state index contributed by atoms with van der Waals surface area (Å²) >= 11 is 1.35. The molecule has 1 N–H and O–H groups in total. The molecule has 4 rings (SSSR count). The van der Waals surface area contributed by atoms with E-state index in [0.29, 0.717) is 28.4 Å². The summed E-state index contributed by atoms with van der Waals surface area (Å²) in [4.78, 5) is 32.3. The van der Waals surface area contributed by atoms with Gasteiger partial charge in [0.1, 0.15) is 10.8 Å². The summed E-state index contributed by atoms with van der Waals surface area (Å²) in [6, 6.07) is 14.4. The Morgan fingerprint density at radius 3 is 2.82 bits per heavy atom. The summed E-state index contributed by atoms with van der Waals surface area (Å²) in [6.45, 7) is 2.40. The lowest BCUT2D eigenvalue weighted by atomic mass is 10.1. The average molecular weight is 393 g/mol. The molecule has 1 aliphatic heterocycles. The van der Waals surface area contributed by atoms with E-state index >= 15 is 0 Å². The predicted molar refractivity (Wildman–Crippen MR) is 107 cm³/mol. The van der Waals surface area contributed by atoms with Gasteiger partial charge in [0, 0.05) is 28.9 Å². The number of benzene rings is 2. The molecule has 2 aromatic carbocycles. The summed E-state index contributed by atoms with van der Waals surface area (Å²) in [5, 5.41) is 3.29. The van der Waals surface area contributed by atoms with Crippen LogP contribution in [0.5, 0.6) is 0 Å². The van der Waals surface area contributed by atoms with Gasteiger partial charge in [-0.3, -0.25) is 9.59 Å². The molecule has 5 nitrogen and oxygen atoms in total. The predicted octanol–water partition coefficient (Wildman–Crippen LogP) is 4.60. The molecule has 2 heterocycles. The first-order valence-electron chi connectivity index (χ1n) is 8.72. The van der Waals surface area contributed by atoms with Crippen molar-refractivity contribution >= 4 is 35.0 Å². The highest BCUT2D eigenvalue weighted by atomic mass is 32.2. The number of carbonyl (C=O) groups excluding carboxylic acids is 2. The zero-order chi connectivity index (χ0) is 19.7. The van der Waals surface area contributed by atoms with Crippen molar-refractivity contribution in [2.75, 3.05) is 16.8 Å². The first-order chi connectivity index (χ1) is 13.6. The molecular weight excluding hydrogens is 377 g/mol. The van der Waals surface area contributed by atoms with Gasteiger partial charge in [-0.05, 0) is 55.5 Å². The standard InChI is InChI=1S/C21H16FN3O2S/c1-2-25-17-9-8-13(19(26)24-15-6-3-5-14(22)12-15)11-18(17)28-20-16(21(25)27)7-4-10-23-20/h3-12H,2H2,1H3,(H,24,26). The van der Waals surface area contributed by atoms with E-state index < -0.39 is 5.82 Å². The van der Waals surface area contributed by atoms with E-state index in [2.05, 4.69) is 10.3 Å². The van der Waals surface area contributed by atoms with Crippen LogP contribution in [-0.4, -0.2) is 23.3 Å². The third-order valence-electron chi connectivity index (χ3n) is 4.36. The minimum absolute atomic E-state index is 0.117. The smallest absolute Gasteiger partial charge is 0.261 e. The maximum atomic E-state index is 13.4. The van der Waals surface area contributed by atoms with E-state index in [1.807, 2.05) is 6.92 Å². The number of hydrogen-bond acceptors (Lipinski definition) is 4. The fourth-order valence-electron chi connectivity index (χ4n) is 3.04. The lowest BCUT2D eigenvalue weighted by molar-refractivity contribution is 0.0984. The van der Waals surface area contributed by atoms with Gasteiger partial charge in [0.2, 0.25) is 0 Å². The van der Waals surface area contributed by atoms with Gasteiger partial charge in [-0.1, -0.05) is 17.8 Å². The zero-order valence-corrected chi connectivity index (χ0v) is 15.8. The quantitative estimate of drug-likeness (QED) is 0.706. The molecule has 0 aliphatic carbocycles. The second kappa shape index (κ2) is 7.44. The highest BCUT2D eigenvalue weighted by Gasteiger charge is 2.27. The van der Waals surface area contributed by atoms with Gasteiger partial charge in [-0.2, -0.15) is 0 Å². The Bertz CT molecular complexity index is 1090. The molecule has 3 aromatic rings. The highest BCUT2D eigenvalue weighted by Crippen LogP contribution is 2.40. The first kappa shape index (κ1) is 18.2. The Balaban J connectivity index is 1.71. The van der Waals surface area contributed by atoms with E-state index in [1.54, 1.807) is 47.5 Å². The second-order valence-electron chi connectivity index (χ2n) is 6.15. The minimum Gasteiger partial charge on any atom is -0.322 e. The van der Waals surface area contributed by atoms with Crippen LogP contribution in [-0.2, 0) is 0 Å². The van der Waals surface area contributed by atoms with Gasteiger partial charge in [-0.25, -0.2) is 9.37 Å². The Kier molecular flexibility index (Phi) is 4.83. The number of nitrogens with zero attached hydrogens (tertiary/aromatic N) is 2. The van der Waals surface area contributed by atoms with Crippen LogP contribution in [0.3, 0.4) is 0 Å². The van der Waals surface area contributed by atoms with Crippen molar-refractivity contribution in [3.63, 3.8) is 0 Å². The molecule has 0 unspecified atom stereocenters. The summed E-state index contributed by atoms with van der Waals surface area (Å²) in [5.74, 6) is -0.891. The van der Waals surface area contributed by atoms with Gasteiger partial charge in [0.25, 0.3) is 11.8 Å². The van der Waals surface area contributed by atoms with Crippen LogP contribution in [0, 0.1) is 5.82 Å². The molecule has 0 atom stereocenters. The van der Waals surface area contributed by atoms with Gasteiger partial charge < -0.3 is 10.2 Å². The molecule has 0 saturated carbocycles. The molecule has 7 heteroatoms. The normalized spacial score (nSPS) is 12.8. The molecular formula is C21H16FN3O2S. The molecule has 2 amide bonds. The molecule has 140 valence electrons. The average Bonchev–Trinajstić information content (AvgIpc) is 2.81. The highest BCUT2D eigenvalue weighted by molar-refractivity contribution is 7.99. The molecule has 0 bridgehead atoms. The van der Waals surface area contributed by atoms with E-state index in [4.69, 9.17) is 0 Å². The molecule has 1 aliphatic rings. The van der Waals surface area contributed by atoms with Gasteiger partial charge in [-0.15, -0.1) is 0 Å². The van der Waals surface area contributed by atoms with E-state index in [-0.39, 0.29) is 11.8 Å². The fraction of sp³-hybridized carbons (Fsp3) is 0.0952. The lowest BCUT2D eigenvalue weighted by Crippen LogP contribution is -2.30. The number of fused-ring (bicyclic) bond motifs is 2. The van der Waals surface area contributed by atoms with Crippen LogP contribution in [0.25, 0.3) is 0 Å². The van der Waals surface area contributed by atoms with Crippen molar-refractivity contribution in [2.45, 2.75) is 16.8 Å². The lowest BCUT2D eigenvalue weighted by Gasteiger charge is -2.21. The Morgan fingerprint density at radius 1 is 1.18 bits per heavy atom. The van der Waals surface area contributed by atoms with Gasteiger partial charge in [0.05, 0.1) is 11.3 Å². The van der Waals surface area contributed by atoms with Crippen LogP contribution >= 0.6 is 11.8 Å². The van der Waals surface area contributed by atoms with Gasteiger partial charge >= 0.3 is 0 Å². The number of amides is 2. The van der Waals surface area contributed by atoms with Crippen LogP contribution in [0.2, 0.25) is 0 Å². The molecule has 0 fully saturated rings. The summed E-state index contributed by atoms with van der Waals surface area (Å²) in [5.41, 5.74) is 2.07. The minimum atomic E-state index is -0.421. The maximum Gasteiger partial charge on any atom is 0.261 e. The van der Waals surface area contributed by atoms with Crippen molar-refractivity contribution in [1.29, 1.82) is 0 Å². The van der Waals surface area contributed by atoms with Crippen LogP contribution in [0.1, 0.15) is 27.6 Å². The Labute approximate surface area is 165 Å².